The number of nitrogens with one attached hydrogen (secondary N) is 16. The van der Waals surface area contributed by atoms with Crippen LogP contribution in [0.4, 0.5) is 40.2 Å². The number of aromatic nitrogens is 12. The molecule has 13 amide bonds. The first-order valence-corrected chi connectivity index (χ1v) is 40.8. The number of rotatable bonds is 50. The molecule has 44 nitrogen and oxygen atoms in total. The highest BCUT2D eigenvalue weighted by atomic mass is 32.2. The number of nitrogens with zero attached hydrogens (tertiary/aromatic N) is 12. The number of unbranched alkanes of at least 4 members (excludes halogenated alkanes) is 2. The monoisotopic (exact) mass is 1710 g/mol. The van der Waals surface area contributed by atoms with Gasteiger partial charge >= 0.3 is 0 Å². The van der Waals surface area contributed by atoms with Gasteiger partial charge in [0.25, 0.3) is 41.4 Å². The van der Waals surface area contributed by atoms with Crippen LogP contribution in [0, 0.1) is 0 Å². The number of hydrogen-bond acceptors (Lipinski definition) is 23. The quantitative estimate of drug-likeness (QED) is 0.0157. The molecule has 20 N–H and O–H groups in total. The third kappa shape index (κ3) is 29.6. The van der Waals surface area contributed by atoms with Gasteiger partial charge in [-0.25, -0.2) is 19.9 Å². The Balaban J connectivity index is 0.646. The largest absolute Gasteiger partial charge is 0.377 e. The molecule has 0 bridgehead atoms. The van der Waals surface area contributed by atoms with Crippen LogP contribution in [0.15, 0.2) is 80.0 Å². The molecule has 660 valence electrons. The van der Waals surface area contributed by atoms with E-state index in [1.54, 1.807) is 91.0 Å². The van der Waals surface area contributed by atoms with Crippen LogP contribution in [0.25, 0.3) is 0 Å². The number of imidazole rings is 4. The Labute approximate surface area is 707 Å². The number of thioether (sulfide) groups is 1. The van der Waals surface area contributed by atoms with E-state index in [4.69, 9.17) is 5.73 Å². The molecule has 8 aromatic heterocycles. The van der Waals surface area contributed by atoms with Gasteiger partial charge in [0, 0.05) is 208 Å². The molecule has 2 unspecified atom stereocenters. The van der Waals surface area contributed by atoms with Crippen molar-refractivity contribution in [3.63, 3.8) is 0 Å². The fourth-order valence-corrected chi connectivity index (χ4v) is 13.4. The first kappa shape index (κ1) is 94.7. The third-order valence-corrected chi connectivity index (χ3v) is 20.1. The molecule has 4 atom stereocenters. The lowest BCUT2D eigenvalue weighted by Crippen LogP contribution is -3.09. The average Bonchev–Trinajstić information content (AvgIpc) is 1.69. The zero-order chi connectivity index (χ0) is 88.7. The van der Waals surface area contributed by atoms with Gasteiger partial charge < -0.3 is 132 Å². The summed E-state index contributed by atoms with van der Waals surface area (Å²) >= 11 is 1.41. The van der Waals surface area contributed by atoms with Gasteiger partial charge in [0.05, 0.1) is 54.3 Å². The molecular formula is C77H112N29O15S+. The van der Waals surface area contributed by atoms with Crippen LogP contribution in [-0.4, -0.2) is 240 Å². The molecule has 8 aromatic rings. The lowest BCUT2D eigenvalue weighted by molar-refractivity contribution is -0.879. The lowest BCUT2D eigenvalue weighted by atomic mass is 10.1. The van der Waals surface area contributed by atoms with Crippen LogP contribution in [-0.2, 0) is 85.1 Å². The molecule has 0 spiro atoms. The van der Waals surface area contributed by atoms with Crippen LogP contribution < -0.4 is 90.4 Å². The smallest absolute Gasteiger partial charge is 0.291 e. The summed E-state index contributed by atoms with van der Waals surface area (Å²) in [6.07, 6.45) is 16.6. The summed E-state index contributed by atoms with van der Waals surface area (Å²) in [7, 11) is 16.7. The van der Waals surface area contributed by atoms with Gasteiger partial charge in [0.15, 0.2) is 23.3 Å². The second kappa shape index (κ2) is 46.7. The fraction of sp³-hybridized carbons (Fsp3) is 0.468. The minimum atomic E-state index is -1.18. The van der Waals surface area contributed by atoms with Gasteiger partial charge in [-0.3, -0.25) is 67.6 Å². The molecule has 0 aromatic carbocycles. The van der Waals surface area contributed by atoms with E-state index in [2.05, 4.69) is 107 Å². The number of anilines is 7. The van der Waals surface area contributed by atoms with Crippen molar-refractivity contribution >= 4 is 129 Å². The summed E-state index contributed by atoms with van der Waals surface area (Å²) in [5.41, 5.74) is 7.74. The molecule has 0 saturated heterocycles. The van der Waals surface area contributed by atoms with Crippen LogP contribution in [0.1, 0.15) is 163 Å². The number of hydrogen-bond donors (Lipinski definition) is 19. The predicted octanol–water partition coefficient (Wildman–Crippen LogP) is -1.19. The summed E-state index contributed by atoms with van der Waals surface area (Å²) in [6.45, 7) is 3.43. The Morgan fingerprint density at radius 2 is 0.811 bits per heavy atom. The number of aliphatic hydroxyl groups excluding tert-OH is 2. The van der Waals surface area contributed by atoms with Crippen molar-refractivity contribution in [3.05, 3.63) is 126 Å². The molecule has 8 rings (SSSR count). The van der Waals surface area contributed by atoms with Crippen molar-refractivity contribution in [3.8, 4) is 0 Å². The number of carbonyl (C=O) groups excluding carboxylic acids is 13. The van der Waals surface area contributed by atoms with E-state index < -0.39 is 71.5 Å². The molecule has 8 heterocycles. The number of aliphatic hydroxyl groups is 2. The van der Waals surface area contributed by atoms with Gasteiger partial charge in [-0.2, -0.15) is 11.8 Å². The zero-order valence-electron chi connectivity index (χ0n) is 70.1. The van der Waals surface area contributed by atoms with E-state index in [0.29, 0.717) is 49.6 Å². The van der Waals surface area contributed by atoms with Gasteiger partial charge in [-0.15, -0.1) is 0 Å². The molecule has 0 radical (unpaired) electrons. The maximum Gasteiger partial charge on any atom is 0.291 e. The second-order valence-corrected chi connectivity index (χ2v) is 30.3. The van der Waals surface area contributed by atoms with Gasteiger partial charge in [-0.1, -0.05) is 0 Å². The highest BCUT2D eigenvalue weighted by molar-refractivity contribution is 7.99. The number of likely N-dealkylation sites (N-methyl/N-ethyl adjacent to an activating group) is 1. The Bertz CT molecular complexity index is 4980. The Kier molecular flexibility index (Phi) is 36.2. The molecule has 45 heteroatoms. The highest BCUT2D eigenvalue weighted by Gasteiger charge is 2.25. The zero-order valence-corrected chi connectivity index (χ0v) is 70.9. The van der Waals surface area contributed by atoms with Gasteiger partial charge in [0.2, 0.25) is 52.9 Å². The average molecular weight is 1720 g/mol. The molecule has 0 saturated carbocycles. The lowest BCUT2D eigenvalue weighted by Gasteiger charge is -2.18. The van der Waals surface area contributed by atoms with Crippen LogP contribution >= 0.6 is 11.8 Å². The topological polar surface area (TPSA) is 564 Å². The van der Waals surface area contributed by atoms with Crippen molar-refractivity contribution in [2.24, 2.45) is 62.1 Å². The van der Waals surface area contributed by atoms with E-state index in [1.807, 2.05) is 0 Å². The van der Waals surface area contributed by atoms with Gasteiger partial charge in [0.1, 0.15) is 29.5 Å². The summed E-state index contributed by atoms with van der Waals surface area (Å²) in [5.74, 6) is -4.55. The maximum absolute atomic E-state index is 13.4. The van der Waals surface area contributed by atoms with Crippen molar-refractivity contribution in [1.82, 2.24) is 99.0 Å². The van der Waals surface area contributed by atoms with E-state index in [9.17, 15) is 72.5 Å². The van der Waals surface area contributed by atoms with E-state index in [0.717, 1.165) is 45.2 Å². The van der Waals surface area contributed by atoms with Crippen molar-refractivity contribution in [2.45, 2.75) is 95.5 Å². The SMILES string of the molecule is CNC(CCCCNC(=O)CSCCC(=O)NCCCC[NH+](C)CCCNC(=O)CCNC(=O)c1cc(NC(=O)c2nc(NC(=O)CCNC(=O)c3cc(NC(=O)c4nc(NC(=O)CCCNC(=O)c5cc(NC(=O)c6nc(NC(=O)CCN[C@H](O)c7cc(NC(=O)c8nccn8C)cn7C)cn6C)cn5C)cn4C)cn3C)cn2C)cn1C)[C@@H](N)O. The second-order valence-electron chi connectivity index (χ2n) is 29.2. The third-order valence-electron chi connectivity index (χ3n) is 19.2. The highest BCUT2D eigenvalue weighted by Crippen LogP contribution is 2.22. The minimum absolute atomic E-state index is 0.0342. The Hall–Kier alpha value is -12.8. The summed E-state index contributed by atoms with van der Waals surface area (Å²) in [6, 6.07) is 5.76. The molecule has 0 aliphatic carbocycles. The van der Waals surface area contributed by atoms with Crippen molar-refractivity contribution in [2.75, 3.05) is 122 Å². The molecule has 0 fully saturated rings. The predicted molar refractivity (Wildman–Crippen MR) is 454 cm³/mol. The van der Waals surface area contributed by atoms with E-state index in [-0.39, 0.29) is 163 Å². The first-order chi connectivity index (χ1) is 58.2. The number of quaternary nitrogens is 1. The van der Waals surface area contributed by atoms with E-state index >= 15 is 0 Å². The standard InChI is InChI=1S/C77H111N29O15S/c1-79-51(65(78)113)17-11-12-23-82-64(112)46-122-34-22-60(108)80-24-13-14-31-98(2)32-16-26-81-59(107)19-27-85-71(115)54-37-49(41-102(54)6)91-77(121)69-97-58(45-106(69)10)94-63(111)21-29-87-73(117)55-38-50(42-103(55)7)90-75(119)67-95-56(43-104(67)8)92-61(109)18-15-25-84-70(114)52-36-48(40-100(52)4)89-76(120)68-96-57(44-105(68)9)93-62(110)20-28-86-72(116)53-35-47(39-101(53)5)88-74(118)66-83-30-33-99(66)3/h30,33,35-45,51,65,72,79,86,113,116H,11-29,31-32,34,46,78H2,1-10H3,(H,80,108)(H,81,107)(H,82,112)(H,84,114)(H,85,115)(H,87,117)(H,88,118)(H,89,120)(H,90,119)(H,91,121)(H,92,109)(H,93,110)(H,94,111)/p+1/t51?,65-,72+/m0/s1. The normalized spacial score (nSPS) is 12.1. The summed E-state index contributed by atoms with van der Waals surface area (Å²) in [4.78, 5) is 186. The number of nitrogens with two attached hydrogens (primary N) is 1. The fourth-order valence-electron chi connectivity index (χ4n) is 12.7. The molecule has 0 aliphatic rings. The summed E-state index contributed by atoms with van der Waals surface area (Å²) in [5, 5.41) is 61.7. The van der Waals surface area contributed by atoms with Gasteiger partial charge in [-0.05, 0) is 69.8 Å². The van der Waals surface area contributed by atoms with Crippen LogP contribution in [0.5, 0.6) is 0 Å². The summed E-state index contributed by atoms with van der Waals surface area (Å²) < 4.78 is 11.9. The molecule has 122 heavy (non-hydrogen) atoms. The molecular weight excluding hydrogens is 1600 g/mol. The Morgan fingerprint density at radius 1 is 0.410 bits per heavy atom. The number of aryl methyl sites for hydroxylation is 8. The number of carbonyl (C=O) groups is 13. The van der Waals surface area contributed by atoms with Crippen molar-refractivity contribution < 1.29 is 77.4 Å². The first-order valence-electron chi connectivity index (χ1n) is 39.7. The van der Waals surface area contributed by atoms with E-state index in [1.165, 1.54) is 106 Å². The maximum atomic E-state index is 13.4. The van der Waals surface area contributed by atoms with Crippen LogP contribution in [0.2, 0.25) is 0 Å². The minimum Gasteiger partial charge on any atom is -0.377 e. The number of amides is 13. The molecule has 0 aliphatic heterocycles. The van der Waals surface area contributed by atoms with Crippen LogP contribution in [0.3, 0.4) is 0 Å². The Morgan fingerprint density at radius 3 is 1.29 bits per heavy atom. The van der Waals surface area contributed by atoms with Crippen molar-refractivity contribution in [1.29, 1.82) is 0 Å².